The van der Waals surface area contributed by atoms with Crippen LogP contribution in [0.25, 0.3) is 11.0 Å². The zero-order valence-electron chi connectivity index (χ0n) is 12.5. The third-order valence-corrected chi connectivity index (χ3v) is 5.63. The molecule has 5 atom stereocenters. The molecule has 2 aromatic heterocycles. The van der Waals surface area contributed by atoms with Gasteiger partial charge in [-0.25, -0.2) is 14.4 Å². The van der Waals surface area contributed by atoms with Crippen LogP contribution in [0.3, 0.4) is 0 Å². The molecule has 1 spiro atoms. The van der Waals surface area contributed by atoms with Crippen molar-refractivity contribution in [1.29, 1.82) is 0 Å². The fourth-order valence-electron chi connectivity index (χ4n) is 4.39. The fourth-order valence-corrected chi connectivity index (χ4v) is 4.58. The second-order valence-electron chi connectivity index (χ2n) is 6.99. The Hall–Kier alpha value is -1.28. The van der Waals surface area contributed by atoms with E-state index in [0.29, 0.717) is 16.2 Å². The summed E-state index contributed by atoms with van der Waals surface area (Å²) >= 11 is 6.09. The second-order valence-corrected chi connectivity index (χ2v) is 7.35. The molecule has 1 saturated heterocycles. The van der Waals surface area contributed by atoms with E-state index in [0.717, 1.165) is 0 Å². The van der Waals surface area contributed by atoms with Crippen molar-refractivity contribution < 1.29 is 19.0 Å². The Kier molecular flexibility index (Phi) is 2.36. The molecule has 2 aliphatic carbocycles. The molecule has 0 amide bonds. The summed E-state index contributed by atoms with van der Waals surface area (Å²) < 4.78 is 28.8. The Balaban J connectivity index is 1.64. The number of aliphatic hydroxyl groups excluding tert-OH is 1. The molecule has 2 saturated carbocycles. The highest BCUT2D eigenvalue weighted by molar-refractivity contribution is 6.33. The minimum atomic E-state index is -1.79. The molecule has 3 heterocycles. The van der Waals surface area contributed by atoms with Crippen molar-refractivity contribution in [3.8, 4) is 0 Å². The number of hydrogen-bond acceptors (Lipinski definition) is 5. The summed E-state index contributed by atoms with van der Waals surface area (Å²) in [6.45, 7) is 3.46. The third kappa shape index (κ3) is 1.45. The van der Waals surface area contributed by atoms with Gasteiger partial charge in [-0.15, -0.1) is 0 Å². The minimum Gasteiger partial charge on any atom is -0.386 e. The summed E-state index contributed by atoms with van der Waals surface area (Å²) in [6.07, 6.45) is 1.56. The van der Waals surface area contributed by atoms with Crippen molar-refractivity contribution in [2.24, 2.45) is 0 Å². The van der Waals surface area contributed by atoms with Crippen molar-refractivity contribution in [3.05, 3.63) is 23.7 Å². The van der Waals surface area contributed by atoms with Gasteiger partial charge in [0, 0.05) is 12.6 Å². The average molecular weight is 340 g/mol. The van der Waals surface area contributed by atoms with Crippen LogP contribution in [0, 0.1) is 0 Å². The van der Waals surface area contributed by atoms with Crippen LogP contribution in [0.4, 0.5) is 4.39 Å². The summed E-state index contributed by atoms with van der Waals surface area (Å²) in [7, 11) is 0. The summed E-state index contributed by atoms with van der Waals surface area (Å²) in [4.78, 5) is 8.22. The smallest absolute Gasteiger partial charge is 0.176 e. The standard InChI is InChI=1S/C15H15ClFN3O3/c1-13(2)22-9-8(5-14(17)12(21)15(9,14)23-13)20-4-3-7-10(16)18-6-19-11(7)20/h3-4,6,8-9,12,21H,5H2,1-2H3/t8-,9+,12?,14+,15+/m1/s1. The molecule has 1 unspecified atom stereocenters. The molecule has 23 heavy (non-hydrogen) atoms. The molecular formula is C15H15ClFN3O3. The van der Waals surface area contributed by atoms with E-state index in [4.69, 9.17) is 21.1 Å². The number of aliphatic hydroxyl groups is 1. The molecular weight excluding hydrogens is 325 g/mol. The zero-order chi connectivity index (χ0) is 16.2. The predicted molar refractivity (Wildman–Crippen MR) is 78.8 cm³/mol. The Labute approximate surface area is 136 Å². The lowest BCUT2D eigenvalue weighted by Gasteiger charge is -2.25. The number of fused-ring (bicyclic) bond motifs is 1. The van der Waals surface area contributed by atoms with E-state index in [-0.39, 0.29) is 12.5 Å². The molecule has 0 bridgehead atoms. The summed E-state index contributed by atoms with van der Waals surface area (Å²) in [6, 6.07) is 1.48. The van der Waals surface area contributed by atoms with Gasteiger partial charge in [-0.1, -0.05) is 11.6 Å². The van der Waals surface area contributed by atoms with Gasteiger partial charge in [0.1, 0.15) is 29.3 Å². The minimum absolute atomic E-state index is 0.111. The second kappa shape index (κ2) is 3.85. The van der Waals surface area contributed by atoms with Gasteiger partial charge in [-0.2, -0.15) is 0 Å². The largest absolute Gasteiger partial charge is 0.386 e. The number of halogens is 2. The van der Waals surface area contributed by atoms with Crippen LogP contribution in [0.1, 0.15) is 26.3 Å². The van der Waals surface area contributed by atoms with E-state index < -0.39 is 29.3 Å². The van der Waals surface area contributed by atoms with Gasteiger partial charge in [0.15, 0.2) is 17.1 Å². The Morgan fingerprint density at radius 2 is 2.22 bits per heavy atom. The number of nitrogens with zero attached hydrogens (tertiary/aromatic N) is 3. The Morgan fingerprint density at radius 3 is 3.00 bits per heavy atom. The van der Waals surface area contributed by atoms with Gasteiger partial charge >= 0.3 is 0 Å². The number of ether oxygens (including phenoxy) is 2. The number of alkyl halides is 1. The molecule has 1 N–H and O–H groups in total. The van der Waals surface area contributed by atoms with E-state index in [2.05, 4.69) is 9.97 Å². The number of aromatic nitrogens is 3. The summed E-state index contributed by atoms with van der Waals surface area (Å²) in [5, 5.41) is 11.2. The van der Waals surface area contributed by atoms with Gasteiger partial charge in [0.2, 0.25) is 0 Å². The molecule has 3 aliphatic rings. The van der Waals surface area contributed by atoms with Crippen molar-refractivity contribution in [2.45, 2.75) is 55.6 Å². The molecule has 0 radical (unpaired) electrons. The van der Waals surface area contributed by atoms with Gasteiger partial charge in [0.05, 0.1) is 11.4 Å². The van der Waals surface area contributed by atoms with Gasteiger partial charge < -0.3 is 19.1 Å². The van der Waals surface area contributed by atoms with Crippen LogP contribution in [0.15, 0.2) is 18.6 Å². The highest BCUT2D eigenvalue weighted by Gasteiger charge is 2.92. The highest BCUT2D eigenvalue weighted by atomic mass is 35.5. The van der Waals surface area contributed by atoms with Crippen LogP contribution in [-0.4, -0.2) is 48.9 Å². The van der Waals surface area contributed by atoms with E-state index in [1.807, 2.05) is 4.57 Å². The molecule has 6 nitrogen and oxygen atoms in total. The van der Waals surface area contributed by atoms with Gasteiger partial charge in [-0.3, -0.25) is 0 Å². The quantitative estimate of drug-likeness (QED) is 0.805. The Morgan fingerprint density at radius 1 is 1.43 bits per heavy atom. The van der Waals surface area contributed by atoms with Crippen molar-refractivity contribution in [3.63, 3.8) is 0 Å². The normalized spacial score (nSPS) is 43.6. The lowest BCUT2D eigenvalue weighted by atomic mass is 10.1. The fraction of sp³-hybridized carbons (Fsp3) is 0.600. The van der Waals surface area contributed by atoms with Crippen LogP contribution < -0.4 is 0 Å². The Bertz CT molecular complexity index is 842. The number of hydrogen-bond donors (Lipinski definition) is 1. The lowest BCUT2D eigenvalue weighted by molar-refractivity contribution is -0.163. The van der Waals surface area contributed by atoms with Crippen LogP contribution in [-0.2, 0) is 9.47 Å². The van der Waals surface area contributed by atoms with Gasteiger partial charge in [0.25, 0.3) is 0 Å². The molecule has 5 rings (SSSR count). The molecule has 0 aromatic carbocycles. The maximum Gasteiger partial charge on any atom is 0.176 e. The summed E-state index contributed by atoms with van der Waals surface area (Å²) in [5.74, 6) is -0.937. The number of rotatable bonds is 1. The van der Waals surface area contributed by atoms with Crippen molar-refractivity contribution in [2.75, 3.05) is 0 Å². The van der Waals surface area contributed by atoms with E-state index in [1.54, 1.807) is 26.1 Å². The van der Waals surface area contributed by atoms with Crippen molar-refractivity contribution >= 4 is 22.6 Å². The van der Waals surface area contributed by atoms with E-state index >= 15 is 4.39 Å². The first-order valence-electron chi connectivity index (χ1n) is 7.52. The van der Waals surface area contributed by atoms with Crippen LogP contribution in [0.5, 0.6) is 0 Å². The molecule has 122 valence electrons. The average Bonchev–Trinajstić information content (AvgIpc) is 2.91. The maximum atomic E-state index is 15.2. The topological polar surface area (TPSA) is 69.4 Å². The lowest BCUT2D eigenvalue weighted by Crippen LogP contribution is -2.33. The first-order chi connectivity index (χ1) is 10.8. The van der Waals surface area contributed by atoms with E-state index in [9.17, 15) is 5.11 Å². The van der Waals surface area contributed by atoms with E-state index in [1.165, 1.54) is 6.33 Å². The molecule has 3 fully saturated rings. The first kappa shape index (κ1) is 14.1. The zero-order valence-corrected chi connectivity index (χ0v) is 13.3. The highest BCUT2D eigenvalue weighted by Crippen LogP contribution is 2.72. The summed E-state index contributed by atoms with van der Waals surface area (Å²) in [5.41, 5.74) is -2.45. The monoisotopic (exact) mass is 339 g/mol. The van der Waals surface area contributed by atoms with Crippen LogP contribution in [0.2, 0.25) is 5.15 Å². The first-order valence-corrected chi connectivity index (χ1v) is 7.90. The third-order valence-electron chi connectivity index (χ3n) is 5.33. The van der Waals surface area contributed by atoms with Gasteiger partial charge in [-0.05, 0) is 19.9 Å². The van der Waals surface area contributed by atoms with Crippen LogP contribution >= 0.6 is 11.6 Å². The molecule has 1 aliphatic heterocycles. The predicted octanol–water partition coefficient (Wildman–Crippen LogP) is 2.00. The molecule has 8 heteroatoms. The maximum absolute atomic E-state index is 15.2. The SMILES string of the molecule is CC1(C)O[C@H]2[C@H](n3ccc4c(Cl)ncnc43)C[C@]3(F)C(O)[C@@]23O1. The van der Waals surface area contributed by atoms with Crippen molar-refractivity contribution in [1.82, 2.24) is 14.5 Å². The molecule has 2 aromatic rings.